The van der Waals surface area contributed by atoms with Gasteiger partial charge >= 0.3 is 0 Å². The minimum absolute atomic E-state index is 0.0857. The van der Waals surface area contributed by atoms with E-state index in [4.69, 9.17) is 0 Å². The van der Waals surface area contributed by atoms with Gasteiger partial charge in [-0.25, -0.2) is 4.39 Å². The predicted molar refractivity (Wildman–Crippen MR) is 84.5 cm³/mol. The van der Waals surface area contributed by atoms with Crippen molar-refractivity contribution in [2.45, 2.75) is 17.1 Å². The predicted octanol–water partition coefficient (Wildman–Crippen LogP) is 4.71. The van der Waals surface area contributed by atoms with Gasteiger partial charge in [-0.05, 0) is 49.4 Å². The first-order valence-corrected chi connectivity index (χ1v) is 7.70. The molecule has 0 saturated heterocycles. The fourth-order valence-electron chi connectivity index (χ4n) is 1.58. The Morgan fingerprint density at radius 2 is 1.95 bits per heavy atom. The molecule has 1 amide bonds. The maximum absolute atomic E-state index is 12.8. The van der Waals surface area contributed by atoms with E-state index < -0.39 is 0 Å². The molecule has 0 fully saturated rings. The molecule has 2 aromatic carbocycles. The highest BCUT2D eigenvalue weighted by atomic mass is 79.9. The van der Waals surface area contributed by atoms with Crippen molar-refractivity contribution in [1.82, 2.24) is 0 Å². The molecule has 0 spiro atoms. The van der Waals surface area contributed by atoms with Crippen LogP contribution in [0.4, 0.5) is 10.1 Å². The number of benzene rings is 2. The Hall–Kier alpha value is -1.33. The van der Waals surface area contributed by atoms with Gasteiger partial charge in [0.25, 0.3) is 0 Å². The summed E-state index contributed by atoms with van der Waals surface area (Å²) in [5, 5.41) is 2.59. The number of thioether (sulfide) groups is 1. The van der Waals surface area contributed by atoms with Crippen LogP contribution in [0.3, 0.4) is 0 Å². The van der Waals surface area contributed by atoms with Crippen LogP contribution in [0.5, 0.6) is 0 Å². The van der Waals surface area contributed by atoms with Crippen LogP contribution in [0.25, 0.3) is 0 Å². The van der Waals surface area contributed by atoms with Gasteiger partial charge in [-0.15, -0.1) is 11.8 Å². The van der Waals surface area contributed by atoms with Crippen LogP contribution in [0, 0.1) is 5.82 Å². The monoisotopic (exact) mass is 353 g/mol. The first kappa shape index (κ1) is 15.1. The van der Waals surface area contributed by atoms with Crippen molar-refractivity contribution in [2.24, 2.45) is 0 Å². The van der Waals surface area contributed by atoms with Gasteiger partial charge in [0.2, 0.25) is 5.91 Å². The molecule has 0 aliphatic carbocycles. The summed E-state index contributed by atoms with van der Waals surface area (Å²) in [5.74, 6) is -0.363. The lowest BCUT2D eigenvalue weighted by atomic mass is 10.3. The number of hydrogen-bond acceptors (Lipinski definition) is 2. The van der Waals surface area contributed by atoms with Crippen LogP contribution >= 0.6 is 27.7 Å². The molecule has 2 rings (SSSR count). The first-order chi connectivity index (χ1) is 9.54. The van der Waals surface area contributed by atoms with Crippen molar-refractivity contribution in [2.75, 3.05) is 5.32 Å². The molecule has 0 bridgehead atoms. The van der Waals surface area contributed by atoms with E-state index in [1.165, 1.54) is 23.9 Å². The van der Waals surface area contributed by atoms with Crippen molar-refractivity contribution < 1.29 is 9.18 Å². The summed E-state index contributed by atoms with van der Waals surface area (Å²) in [4.78, 5) is 12.9. The number of carbonyl (C=O) groups excluding carboxylic acids is 1. The Morgan fingerprint density at radius 3 is 2.60 bits per heavy atom. The molecule has 0 heterocycles. The van der Waals surface area contributed by atoms with E-state index in [0.717, 1.165) is 15.1 Å². The summed E-state index contributed by atoms with van der Waals surface area (Å²) in [6.45, 7) is 1.82. The Kier molecular flexibility index (Phi) is 5.20. The van der Waals surface area contributed by atoms with Gasteiger partial charge in [0.15, 0.2) is 0 Å². The van der Waals surface area contributed by atoms with Gasteiger partial charge in [0.05, 0.1) is 5.25 Å². The highest BCUT2D eigenvalue weighted by Crippen LogP contribution is 2.24. The molecule has 0 aromatic heterocycles. The maximum Gasteiger partial charge on any atom is 0.237 e. The zero-order valence-corrected chi connectivity index (χ0v) is 13.2. The molecule has 0 aliphatic heterocycles. The Bertz CT molecular complexity index is 603. The largest absolute Gasteiger partial charge is 0.325 e. The van der Waals surface area contributed by atoms with E-state index in [0.29, 0.717) is 0 Å². The van der Waals surface area contributed by atoms with E-state index in [1.54, 1.807) is 12.1 Å². The van der Waals surface area contributed by atoms with Crippen LogP contribution in [0.15, 0.2) is 57.9 Å². The summed E-state index contributed by atoms with van der Waals surface area (Å²) in [7, 11) is 0. The Morgan fingerprint density at radius 1 is 1.25 bits per heavy atom. The molecule has 0 radical (unpaired) electrons. The van der Waals surface area contributed by atoms with E-state index >= 15 is 0 Å². The van der Waals surface area contributed by atoms with Gasteiger partial charge < -0.3 is 5.32 Å². The van der Waals surface area contributed by atoms with E-state index in [9.17, 15) is 9.18 Å². The number of rotatable bonds is 4. The number of halogens is 2. The second kappa shape index (κ2) is 6.90. The van der Waals surface area contributed by atoms with Gasteiger partial charge in [-0.2, -0.15) is 0 Å². The molecule has 5 heteroatoms. The SMILES string of the molecule is C[C@@H](Sc1ccc(F)cc1)C(=O)Nc1cccc(Br)c1. The van der Waals surface area contributed by atoms with Crippen LogP contribution in [0.2, 0.25) is 0 Å². The van der Waals surface area contributed by atoms with Gasteiger partial charge in [-0.3, -0.25) is 4.79 Å². The molecule has 20 heavy (non-hydrogen) atoms. The van der Waals surface area contributed by atoms with E-state index in [-0.39, 0.29) is 17.0 Å². The summed E-state index contributed by atoms with van der Waals surface area (Å²) in [6.07, 6.45) is 0. The highest BCUT2D eigenvalue weighted by Gasteiger charge is 2.14. The Labute approximate surface area is 129 Å². The minimum Gasteiger partial charge on any atom is -0.325 e. The summed E-state index contributed by atoms with van der Waals surface area (Å²) in [6, 6.07) is 13.5. The third-order valence-corrected chi connectivity index (χ3v) is 4.19. The van der Waals surface area contributed by atoms with Crippen LogP contribution < -0.4 is 5.32 Å². The van der Waals surface area contributed by atoms with E-state index in [1.807, 2.05) is 31.2 Å². The van der Waals surface area contributed by atoms with Crippen molar-refractivity contribution in [3.63, 3.8) is 0 Å². The van der Waals surface area contributed by atoms with Crippen molar-refractivity contribution in [1.29, 1.82) is 0 Å². The minimum atomic E-state index is -0.277. The normalized spacial score (nSPS) is 11.9. The molecule has 1 atom stereocenters. The van der Waals surface area contributed by atoms with Crippen molar-refractivity contribution in [3.05, 3.63) is 58.8 Å². The summed E-state index contributed by atoms with van der Waals surface area (Å²) >= 11 is 4.75. The molecule has 0 unspecified atom stereocenters. The lowest BCUT2D eigenvalue weighted by Gasteiger charge is -2.12. The standard InChI is InChI=1S/C15H13BrFNOS/c1-10(20-14-7-5-12(17)6-8-14)15(19)18-13-4-2-3-11(16)9-13/h2-10H,1H3,(H,18,19)/t10-/m1/s1. The van der Waals surface area contributed by atoms with Crippen molar-refractivity contribution in [3.8, 4) is 0 Å². The molecule has 1 N–H and O–H groups in total. The first-order valence-electron chi connectivity index (χ1n) is 6.03. The fourth-order valence-corrected chi connectivity index (χ4v) is 2.85. The van der Waals surface area contributed by atoms with Crippen LogP contribution in [-0.2, 0) is 4.79 Å². The average molecular weight is 354 g/mol. The van der Waals surface area contributed by atoms with Gasteiger partial charge in [0, 0.05) is 15.1 Å². The summed E-state index contributed by atoms with van der Waals surface area (Å²) in [5.41, 5.74) is 0.746. The average Bonchev–Trinajstić information content (AvgIpc) is 2.41. The second-order valence-electron chi connectivity index (χ2n) is 4.21. The Balaban J connectivity index is 1.96. The van der Waals surface area contributed by atoms with Crippen molar-refractivity contribution >= 4 is 39.3 Å². The second-order valence-corrected chi connectivity index (χ2v) is 6.54. The topological polar surface area (TPSA) is 29.1 Å². The molecule has 2 aromatic rings. The van der Waals surface area contributed by atoms with Gasteiger partial charge in [-0.1, -0.05) is 22.0 Å². The number of hydrogen-bond donors (Lipinski definition) is 1. The van der Waals surface area contributed by atoms with Gasteiger partial charge in [0.1, 0.15) is 5.82 Å². The molecule has 2 nitrogen and oxygen atoms in total. The fraction of sp³-hybridized carbons (Fsp3) is 0.133. The quantitative estimate of drug-likeness (QED) is 0.806. The highest BCUT2D eigenvalue weighted by molar-refractivity contribution is 9.10. The smallest absolute Gasteiger partial charge is 0.237 e. The lowest BCUT2D eigenvalue weighted by Crippen LogP contribution is -2.22. The third-order valence-electron chi connectivity index (χ3n) is 2.59. The number of anilines is 1. The molecule has 104 valence electrons. The van der Waals surface area contributed by atoms with Crippen LogP contribution in [0.1, 0.15) is 6.92 Å². The summed E-state index contributed by atoms with van der Waals surface area (Å²) < 4.78 is 13.7. The lowest BCUT2D eigenvalue weighted by molar-refractivity contribution is -0.115. The van der Waals surface area contributed by atoms with Crippen LogP contribution in [-0.4, -0.2) is 11.2 Å². The molecule has 0 aliphatic rings. The molecular weight excluding hydrogens is 341 g/mol. The molecule has 0 saturated carbocycles. The number of nitrogens with one attached hydrogen (secondary N) is 1. The number of amides is 1. The molecular formula is C15H13BrFNOS. The third kappa shape index (κ3) is 4.35. The van der Waals surface area contributed by atoms with E-state index in [2.05, 4.69) is 21.2 Å². The maximum atomic E-state index is 12.8. The zero-order valence-electron chi connectivity index (χ0n) is 10.8. The zero-order chi connectivity index (χ0) is 14.5. The number of carbonyl (C=O) groups is 1.